The molecule has 1 heterocycles. The van der Waals surface area contributed by atoms with Crippen LogP contribution in [0.3, 0.4) is 0 Å². The average Bonchev–Trinajstić information content (AvgIpc) is 2.70. The molecule has 144 valence electrons. The zero-order valence-corrected chi connectivity index (χ0v) is 16.3. The number of ether oxygens (including phenoxy) is 2. The van der Waals surface area contributed by atoms with E-state index in [0.717, 1.165) is 5.56 Å². The molecule has 28 heavy (non-hydrogen) atoms. The molecule has 2 N–H and O–H groups in total. The third-order valence-electron chi connectivity index (χ3n) is 3.69. The molecule has 0 aliphatic carbocycles. The van der Waals surface area contributed by atoms with Gasteiger partial charge in [0, 0.05) is 10.6 Å². The van der Waals surface area contributed by atoms with Gasteiger partial charge in [0.05, 0.1) is 19.5 Å². The van der Waals surface area contributed by atoms with Gasteiger partial charge in [0.25, 0.3) is 5.56 Å². The monoisotopic (exact) mass is 418 g/mol. The summed E-state index contributed by atoms with van der Waals surface area (Å²) < 4.78 is 11.3. The van der Waals surface area contributed by atoms with Gasteiger partial charge < -0.3 is 9.47 Å². The maximum atomic E-state index is 11.5. The van der Waals surface area contributed by atoms with Crippen LogP contribution in [0.2, 0.25) is 10.0 Å². The van der Waals surface area contributed by atoms with Crippen molar-refractivity contribution in [1.29, 1.82) is 0 Å². The molecule has 0 saturated carbocycles. The molecule has 1 aromatic heterocycles. The van der Waals surface area contributed by atoms with Crippen LogP contribution in [-0.4, -0.2) is 23.5 Å². The molecule has 0 atom stereocenters. The van der Waals surface area contributed by atoms with Crippen molar-refractivity contribution < 1.29 is 9.47 Å². The van der Waals surface area contributed by atoms with E-state index in [0.29, 0.717) is 28.7 Å². The van der Waals surface area contributed by atoms with Crippen molar-refractivity contribution in [3.63, 3.8) is 0 Å². The fourth-order valence-electron chi connectivity index (χ4n) is 2.36. The van der Waals surface area contributed by atoms with Crippen LogP contribution < -0.4 is 20.5 Å². The smallest absolute Gasteiger partial charge is 0.285 e. The fourth-order valence-corrected chi connectivity index (χ4v) is 2.71. The number of hydrazone groups is 1. The summed E-state index contributed by atoms with van der Waals surface area (Å²) in [6.07, 6.45) is 2.90. The Labute approximate surface area is 170 Å². The van der Waals surface area contributed by atoms with Crippen LogP contribution in [-0.2, 0) is 6.61 Å². The lowest BCUT2D eigenvalue weighted by atomic mass is 10.2. The van der Waals surface area contributed by atoms with E-state index in [2.05, 4.69) is 20.7 Å². The number of methoxy groups -OCH3 is 1. The quantitative estimate of drug-likeness (QED) is 0.445. The molecular formula is C19H16Cl2N4O3. The summed E-state index contributed by atoms with van der Waals surface area (Å²) in [4.78, 5) is 11.5. The Kier molecular flexibility index (Phi) is 6.52. The van der Waals surface area contributed by atoms with Gasteiger partial charge in [0.2, 0.25) is 0 Å². The first-order valence-electron chi connectivity index (χ1n) is 8.15. The molecule has 0 saturated heterocycles. The van der Waals surface area contributed by atoms with Gasteiger partial charge >= 0.3 is 0 Å². The number of halogens is 2. The first kappa shape index (κ1) is 19.7. The van der Waals surface area contributed by atoms with Gasteiger partial charge in [0.1, 0.15) is 17.3 Å². The number of nitrogens with zero attached hydrogens (tertiary/aromatic N) is 2. The molecule has 0 fully saturated rings. The molecular weight excluding hydrogens is 403 g/mol. The highest BCUT2D eigenvalue weighted by molar-refractivity contribution is 6.32. The van der Waals surface area contributed by atoms with E-state index in [1.165, 1.54) is 12.4 Å². The lowest BCUT2D eigenvalue weighted by molar-refractivity contribution is 0.284. The molecule has 0 unspecified atom stereocenters. The van der Waals surface area contributed by atoms with E-state index < -0.39 is 5.56 Å². The first-order chi connectivity index (χ1) is 13.6. The second-order valence-corrected chi connectivity index (χ2v) is 6.41. The van der Waals surface area contributed by atoms with Gasteiger partial charge in [-0.15, -0.1) is 0 Å². The van der Waals surface area contributed by atoms with E-state index in [4.69, 9.17) is 32.7 Å². The molecule has 9 heteroatoms. The van der Waals surface area contributed by atoms with E-state index in [1.807, 2.05) is 30.3 Å². The second-order valence-electron chi connectivity index (χ2n) is 5.59. The van der Waals surface area contributed by atoms with Gasteiger partial charge in [0.15, 0.2) is 11.5 Å². The predicted octanol–water partition coefficient (Wildman–Crippen LogP) is 4.11. The lowest BCUT2D eigenvalue weighted by Gasteiger charge is -2.13. The number of aromatic amines is 1. The molecule has 0 aliphatic rings. The summed E-state index contributed by atoms with van der Waals surface area (Å²) in [6.45, 7) is 0.305. The highest BCUT2D eigenvalue weighted by atomic mass is 35.5. The number of rotatable bonds is 7. The molecule has 3 aromatic rings. The number of nitrogens with one attached hydrogen (secondary N) is 2. The van der Waals surface area contributed by atoms with Crippen molar-refractivity contribution >= 4 is 35.1 Å². The lowest BCUT2D eigenvalue weighted by Crippen LogP contribution is -2.10. The zero-order chi connectivity index (χ0) is 19.9. The van der Waals surface area contributed by atoms with E-state index in [-0.39, 0.29) is 10.7 Å². The summed E-state index contributed by atoms with van der Waals surface area (Å²) >= 11 is 11.9. The van der Waals surface area contributed by atoms with Crippen molar-refractivity contribution in [1.82, 2.24) is 10.2 Å². The maximum absolute atomic E-state index is 11.5. The number of benzene rings is 2. The Hall–Kier alpha value is -3.03. The highest BCUT2D eigenvalue weighted by Crippen LogP contribution is 2.31. The van der Waals surface area contributed by atoms with Gasteiger partial charge in [-0.05, 0) is 29.8 Å². The molecule has 2 aromatic carbocycles. The topological polar surface area (TPSA) is 88.6 Å². The molecule has 0 amide bonds. The van der Waals surface area contributed by atoms with Crippen molar-refractivity contribution in [3.05, 3.63) is 80.2 Å². The minimum atomic E-state index is -0.506. The maximum Gasteiger partial charge on any atom is 0.285 e. The first-order valence-corrected chi connectivity index (χ1v) is 8.90. The van der Waals surface area contributed by atoms with Crippen molar-refractivity contribution in [2.45, 2.75) is 6.61 Å². The minimum absolute atomic E-state index is 0.0322. The third-order valence-corrected chi connectivity index (χ3v) is 4.30. The SMILES string of the molecule is COc1cccc(/C=N/Nc2cn[nH]c(=O)c2Cl)c1OCc1cccc(Cl)c1. The van der Waals surface area contributed by atoms with Crippen LogP contribution in [0.5, 0.6) is 11.5 Å². The minimum Gasteiger partial charge on any atom is -0.493 e. The molecule has 0 bridgehead atoms. The molecule has 0 radical (unpaired) electrons. The molecule has 7 nitrogen and oxygen atoms in total. The highest BCUT2D eigenvalue weighted by Gasteiger charge is 2.10. The Bertz CT molecular complexity index is 1050. The summed E-state index contributed by atoms with van der Waals surface area (Å²) in [5.41, 5.74) is 4.05. The van der Waals surface area contributed by atoms with Crippen LogP contribution in [0.15, 0.2) is 58.6 Å². The Morgan fingerprint density at radius 1 is 1.25 bits per heavy atom. The van der Waals surface area contributed by atoms with Crippen molar-refractivity contribution in [3.8, 4) is 11.5 Å². The summed E-state index contributed by atoms with van der Waals surface area (Å²) in [6, 6.07) is 12.8. The average molecular weight is 419 g/mol. The Morgan fingerprint density at radius 3 is 2.86 bits per heavy atom. The molecule has 0 aliphatic heterocycles. The number of anilines is 1. The molecule has 3 rings (SSSR count). The number of hydrogen-bond acceptors (Lipinski definition) is 6. The van der Waals surface area contributed by atoms with E-state index in [9.17, 15) is 4.79 Å². The number of aromatic nitrogens is 2. The Morgan fingerprint density at radius 2 is 2.07 bits per heavy atom. The number of hydrogen-bond donors (Lipinski definition) is 2. The predicted molar refractivity (Wildman–Crippen MR) is 110 cm³/mol. The number of H-pyrrole nitrogens is 1. The van der Waals surface area contributed by atoms with Crippen LogP contribution >= 0.6 is 23.2 Å². The van der Waals surface area contributed by atoms with Gasteiger partial charge in [-0.2, -0.15) is 10.2 Å². The second kappa shape index (κ2) is 9.25. The normalized spacial score (nSPS) is 10.8. The van der Waals surface area contributed by atoms with Crippen LogP contribution in [0.4, 0.5) is 5.69 Å². The van der Waals surface area contributed by atoms with Gasteiger partial charge in [-0.25, -0.2) is 5.10 Å². The summed E-state index contributed by atoms with van der Waals surface area (Å²) in [7, 11) is 1.56. The van der Waals surface area contributed by atoms with Gasteiger partial charge in [-0.1, -0.05) is 41.4 Å². The van der Waals surface area contributed by atoms with Crippen LogP contribution in [0.25, 0.3) is 0 Å². The standard InChI is InChI=1S/C19H16Cl2N4O3/c1-27-16-7-3-5-13(9-22-24-15-10-23-25-19(26)17(15)21)18(16)28-11-12-4-2-6-14(20)8-12/h2-10H,11H2,1H3,(H2,24,25,26)/b22-9+. The van der Waals surface area contributed by atoms with Crippen molar-refractivity contribution in [2.24, 2.45) is 5.10 Å². The van der Waals surface area contributed by atoms with Crippen molar-refractivity contribution in [2.75, 3.05) is 12.5 Å². The van der Waals surface area contributed by atoms with E-state index >= 15 is 0 Å². The summed E-state index contributed by atoms with van der Waals surface area (Å²) in [5, 5.41) is 10.6. The molecule has 0 spiro atoms. The van der Waals surface area contributed by atoms with Crippen LogP contribution in [0.1, 0.15) is 11.1 Å². The Balaban J connectivity index is 1.80. The van der Waals surface area contributed by atoms with Gasteiger partial charge in [-0.3, -0.25) is 10.2 Å². The van der Waals surface area contributed by atoms with E-state index in [1.54, 1.807) is 19.2 Å². The zero-order valence-electron chi connectivity index (χ0n) is 14.8. The fraction of sp³-hybridized carbons (Fsp3) is 0.105. The summed E-state index contributed by atoms with van der Waals surface area (Å²) in [5.74, 6) is 1.08. The third kappa shape index (κ3) is 4.82. The number of para-hydroxylation sites is 1. The largest absolute Gasteiger partial charge is 0.493 e. The van der Waals surface area contributed by atoms with Crippen LogP contribution in [0, 0.1) is 0 Å².